The van der Waals surface area contributed by atoms with Crippen LogP contribution in [-0.4, -0.2) is 55.2 Å². The number of anilines is 1. The Bertz CT molecular complexity index is 1340. The van der Waals surface area contributed by atoms with Gasteiger partial charge in [-0.2, -0.15) is 0 Å². The van der Waals surface area contributed by atoms with E-state index in [0.717, 1.165) is 28.9 Å². The van der Waals surface area contributed by atoms with Gasteiger partial charge in [-0.15, -0.1) is 0 Å². The quantitative estimate of drug-likeness (QED) is 0.463. The maximum Gasteiger partial charge on any atom is 0.295 e. The van der Waals surface area contributed by atoms with Crippen LogP contribution in [0.15, 0.2) is 57.7 Å². The number of carbonyl (C=O) groups is 1. The molecule has 32 heavy (non-hydrogen) atoms. The first-order valence-corrected chi connectivity index (χ1v) is 11.4. The third-order valence-corrected chi connectivity index (χ3v) is 6.64. The third kappa shape index (κ3) is 4.17. The first-order valence-electron chi connectivity index (χ1n) is 10.6. The number of aryl methyl sites for hydroxylation is 1. The zero-order valence-corrected chi connectivity index (χ0v) is 18.6. The van der Waals surface area contributed by atoms with Crippen molar-refractivity contribution in [2.45, 2.75) is 6.92 Å². The number of nitrogens with zero attached hydrogens (tertiary/aromatic N) is 3. The van der Waals surface area contributed by atoms with Crippen molar-refractivity contribution in [1.29, 1.82) is 0 Å². The molecular formula is C24H23N3O4S. The highest BCUT2D eigenvalue weighted by Crippen LogP contribution is 2.30. The summed E-state index contributed by atoms with van der Waals surface area (Å²) in [6.45, 7) is 6.18. The summed E-state index contributed by atoms with van der Waals surface area (Å²) in [6, 6.07) is 14.3. The average Bonchev–Trinajstić information content (AvgIpc) is 3.22. The Hall–Kier alpha value is -3.07. The zero-order chi connectivity index (χ0) is 22.1. The number of benzene rings is 2. The van der Waals surface area contributed by atoms with E-state index in [1.807, 2.05) is 19.1 Å². The van der Waals surface area contributed by atoms with Gasteiger partial charge in [0.05, 0.1) is 28.8 Å². The second kappa shape index (κ2) is 8.82. The number of carbonyl (C=O) groups excluding carboxylic acids is 1. The Morgan fingerprint density at radius 1 is 1.16 bits per heavy atom. The van der Waals surface area contributed by atoms with Gasteiger partial charge in [0.1, 0.15) is 5.58 Å². The van der Waals surface area contributed by atoms with Crippen LogP contribution < -0.4 is 10.3 Å². The second-order valence-corrected chi connectivity index (χ2v) is 8.86. The van der Waals surface area contributed by atoms with E-state index >= 15 is 0 Å². The Morgan fingerprint density at radius 3 is 2.81 bits per heavy atom. The molecule has 2 aromatic heterocycles. The molecule has 0 spiro atoms. The predicted molar refractivity (Wildman–Crippen MR) is 126 cm³/mol. The topological polar surface area (TPSA) is 75.9 Å². The van der Waals surface area contributed by atoms with Crippen LogP contribution in [0.4, 0.5) is 5.13 Å². The lowest BCUT2D eigenvalue weighted by Gasteiger charge is -2.29. The molecule has 0 unspecified atom stereocenters. The van der Waals surface area contributed by atoms with Crippen molar-refractivity contribution in [1.82, 2.24) is 9.88 Å². The van der Waals surface area contributed by atoms with Gasteiger partial charge in [-0.3, -0.25) is 19.4 Å². The number of thiazole rings is 1. The number of para-hydroxylation sites is 1. The number of hydrogen-bond acceptors (Lipinski definition) is 7. The number of rotatable bonds is 5. The van der Waals surface area contributed by atoms with Gasteiger partial charge in [0.25, 0.3) is 5.91 Å². The fourth-order valence-electron chi connectivity index (χ4n) is 3.83. The number of hydrogen-bond donors (Lipinski definition) is 0. The van der Waals surface area contributed by atoms with Gasteiger partial charge >= 0.3 is 0 Å². The van der Waals surface area contributed by atoms with Gasteiger partial charge in [-0.25, -0.2) is 4.98 Å². The lowest BCUT2D eigenvalue weighted by Crippen LogP contribution is -2.43. The predicted octanol–water partition coefficient (Wildman–Crippen LogP) is 3.69. The Kier molecular flexibility index (Phi) is 5.73. The van der Waals surface area contributed by atoms with Crippen molar-refractivity contribution in [2.75, 3.05) is 44.3 Å². The van der Waals surface area contributed by atoms with E-state index in [0.29, 0.717) is 42.4 Å². The van der Waals surface area contributed by atoms with Crippen molar-refractivity contribution < 1.29 is 13.9 Å². The third-order valence-electron chi connectivity index (χ3n) is 5.60. The molecule has 8 heteroatoms. The molecule has 5 rings (SSSR count). The smallest absolute Gasteiger partial charge is 0.295 e. The number of aromatic nitrogens is 1. The normalized spacial score (nSPS) is 14.8. The van der Waals surface area contributed by atoms with E-state index in [-0.39, 0.29) is 17.1 Å². The molecule has 2 aromatic carbocycles. The van der Waals surface area contributed by atoms with Crippen molar-refractivity contribution in [3.8, 4) is 0 Å². The van der Waals surface area contributed by atoms with Crippen LogP contribution >= 0.6 is 11.3 Å². The summed E-state index contributed by atoms with van der Waals surface area (Å²) >= 11 is 1.47. The summed E-state index contributed by atoms with van der Waals surface area (Å²) in [5, 5.41) is 1.05. The van der Waals surface area contributed by atoms with Gasteiger partial charge in [0, 0.05) is 32.2 Å². The molecule has 3 heterocycles. The van der Waals surface area contributed by atoms with Crippen LogP contribution in [0.1, 0.15) is 16.1 Å². The highest BCUT2D eigenvalue weighted by atomic mass is 32.1. The summed E-state index contributed by atoms with van der Waals surface area (Å²) in [5.74, 6) is -0.344. The minimum atomic E-state index is -0.364. The summed E-state index contributed by atoms with van der Waals surface area (Å²) in [7, 11) is 0. The summed E-state index contributed by atoms with van der Waals surface area (Å²) in [6.07, 6.45) is 0. The molecule has 1 fully saturated rings. The van der Waals surface area contributed by atoms with Crippen LogP contribution in [0.25, 0.3) is 21.2 Å². The van der Waals surface area contributed by atoms with Gasteiger partial charge in [0.2, 0.25) is 0 Å². The minimum absolute atomic E-state index is 0.0196. The molecule has 0 atom stereocenters. The fourth-order valence-corrected chi connectivity index (χ4v) is 4.92. The van der Waals surface area contributed by atoms with Crippen molar-refractivity contribution in [3.63, 3.8) is 0 Å². The van der Waals surface area contributed by atoms with Crippen LogP contribution in [0.3, 0.4) is 0 Å². The first-order chi connectivity index (χ1) is 15.6. The second-order valence-electron chi connectivity index (χ2n) is 7.85. The lowest BCUT2D eigenvalue weighted by molar-refractivity contribution is 0.0390. The lowest BCUT2D eigenvalue weighted by atomic mass is 10.2. The molecule has 1 aliphatic heterocycles. The Morgan fingerprint density at radius 2 is 1.97 bits per heavy atom. The molecule has 0 bridgehead atoms. The zero-order valence-electron chi connectivity index (χ0n) is 17.7. The summed E-state index contributed by atoms with van der Waals surface area (Å²) < 4.78 is 12.3. The van der Waals surface area contributed by atoms with Crippen LogP contribution in [-0.2, 0) is 4.74 Å². The molecule has 164 valence electrons. The fraction of sp³-hybridized carbons (Fsp3) is 0.292. The van der Waals surface area contributed by atoms with E-state index < -0.39 is 0 Å². The molecule has 4 aromatic rings. The molecule has 1 amide bonds. The molecule has 0 aliphatic carbocycles. The number of fused-ring (bicyclic) bond motifs is 2. The first kappa shape index (κ1) is 20.8. The molecule has 0 radical (unpaired) electrons. The van der Waals surface area contributed by atoms with Crippen LogP contribution in [0.5, 0.6) is 0 Å². The molecule has 0 saturated carbocycles. The Labute approximate surface area is 188 Å². The van der Waals surface area contributed by atoms with Crippen LogP contribution in [0.2, 0.25) is 0 Å². The standard InChI is InChI=1S/C24H23N3O4S/c1-16-6-7-18-22(14-16)32-24(25-18)27(9-8-26-10-12-30-13-11-26)23(29)21-15-19(28)17-4-2-3-5-20(17)31-21/h2-7,14-15H,8-13H2,1H3. The van der Waals surface area contributed by atoms with Gasteiger partial charge in [-0.1, -0.05) is 29.5 Å². The van der Waals surface area contributed by atoms with E-state index in [1.54, 1.807) is 29.2 Å². The van der Waals surface area contributed by atoms with E-state index in [1.165, 1.54) is 17.4 Å². The van der Waals surface area contributed by atoms with E-state index in [2.05, 4.69) is 11.0 Å². The number of morpholine rings is 1. The molecule has 7 nitrogen and oxygen atoms in total. The summed E-state index contributed by atoms with van der Waals surface area (Å²) in [5.41, 5.74) is 2.15. The van der Waals surface area contributed by atoms with Crippen molar-refractivity contribution >= 4 is 43.6 Å². The maximum atomic E-state index is 13.6. The SMILES string of the molecule is Cc1ccc2nc(N(CCN3CCOCC3)C(=O)c3cc(=O)c4ccccc4o3)sc2c1. The largest absolute Gasteiger partial charge is 0.451 e. The molecule has 1 aliphatic rings. The average molecular weight is 450 g/mol. The van der Waals surface area contributed by atoms with Crippen molar-refractivity contribution in [2.24, 2.45) is 0 Å². The number of amides is 1. The van der Waals surface area contributed by atoms with Gasteiger partial charge in [0.15, 0.2) is 16.3 Å². The molecular weight excluding hydrogens is 426 g/mol. The van der Waals surface area contributed by atoms with Gasteiger partial charge in [-0.05, 0) is 36.8 Å². The van der Waals surface area contributed by atoms with Crippen LogP contribution in [0, 0.1) is 6.92 Å². The number of ether oxygens (including phenoxy) is 1. The monoisotopic (exact) mass is 449 g/mol. The highest BCUT2D eigenvalue weighted by Gasteiger charge is 2.25. The maximum absolute atomic E-state index is 13.6. The van der Waals surface area contributed by atoms with E-state index in [9.17, 15) is 9.59 Å². The minimum Gasteiger partial charge on any atom is -0.451 e. The Balaban J connectivity index is 1.51. The van der Waals surface area contributed by atoms with Crippen molar-refractivity contribution in [3.05, 3.63) is 70.1 Å². The van der Waals surface area contributed by atoms with E-state index in [4.69, 9.17) is 14.1 Å². The molecule has 0 N–H and O–H groups in total. The molecule has 1 saturated heterocycles. The summed E-state index contributed by atoms with van der Waals surface area (Å²) in [4.78, 5) is 34.8. The van der Waals surface area contributed by atoms with Gasteiger partial charge < -0.3 is 9.15 Å². The highest BCUT2D eigenvalue weighted by molar-refractivity contribution is 7.22.